The Hall–Kier alpha value is -5.18. The zero-order chi connectivity index (χ0) is 26.1. The van der Waals surface area contributed by atoms with Gasteiger partial charge in [-0.15, -0.1) is 0 Å². The second-order valence-corrected chi connectivity index (χ2v) is 8.84. The van der Waals surface area contributed by atoms with Gasteiger partial charge in [-0.25, -0.2) is 9.97 Å². The molecule has 0 aliphatic carbocycles. The Morgan fingerprint density at radius 2 is 1.79 bits per heavy atom. The number of benzene rings is 3. The second kappa shape index (κ2) is 9.70. The van der Waals surface area contributed by atoms with Gasteiger partial charge in [-0.05, 0) is 42.3 Å². The number of aromatic nitrogens is 4. The number of hydrogen-bond donors (Lipinski definition) is 3. The molecule has 9 nitrogen and oxygen atoms in total. The lowest BCUT2D eigenvalue weighted by molar-refractivity contribution is 0.0956. The molecule has 6 rings (SSSR count). The lowest BCUT2D eigenvalue weighted by atomic mass is 10.1. The molecule has 3 aromatic heterocycles. The summed E-state index contributed by atoms with van der Waals surface area (Å²) in [5.41, 5.74) is 11.9. The van der Waals surface area contributed by atoms with Crippen LogP contribution in [0.25, 0.3) is 33.1 Å². The maximum Gasteiger partial charge on any atom is 0.257 e. The van der Waals surface area contributed by atoms with Gasteiger partial charge in [0.1, 0.15) is 22.6 Å². The first kappa shape index (κ1) is 23.2. The molecule has 0 spiro atoms. The molecule has 0 fully saturated rings. The maximum absolute atomic E-state index is 13.4. The number of carbonyl (C=O) groups is 1. The number of amides is 1. The number of carbonyl (C=O) groups excluding carboxylic acids is 1. The van der Waals surface area contributed by atoms with E-state index < -0.39 is 0 Å². The number of aromatic amines is 1. The minimum atomic E-state index is -0.327. The SMILES string of the molecule is COc1ccc(CCNC(=O)c2c(N)n(/N=C/c3c[nH]c4ccccc34)c3nc4ccccc4nc23)cc1. The number of H-pyrrole nitrogens is 1. The summed E-state index contributed by atoms with van der Waals surface area (Å²) in [4.78, 5) is 26.1. The fourth-order valence-corrected chi connectivity index (χ4v) is 4.51. The van der Waals surface area contributed by atoms with Crippen LogP contribution in [0.3, 0.4) is 0 Å². The average Bonchev–Trinajstić information content (AvgIpc) is 3.48. The fourth-order valence-electron chi connectivity index (χ4n) is 4.51. The summed E-state index contributed by atoms with van der Waals surface area (Å²) in [5, 5.41) is 8.64. The van der Waals surface area contributed by atoms with Gasteiger partial charge in [-0.3, -0.25) is 4.79 Å². The molecule has 188 valence electrons. The molecule has 4 N–H and O–H groups in total. The first-order valence-electron chi connectivity index (χ1n) is 12.2. The van der Waals surface area contributed by atoms with E-state index in [0.29, 0.717) is 35.2 Å². The minimum Gasteiger partial charge on any atom is -0.497 e. The highest BCUT2D eigenvalue weighted by molar-refractivity contribution is 6.11. The molecule has 38 heavy (non-hydrogen) atoms. The highest BCUT2D eigenvalue weighted by Gasteiger charge is 2.24. The van der Waals surface area contributed by atoms with Crippen molar-refractivity contribution in [2.24, 2.45) is 5.10 Å². The first-order valence-corrected chi connectivity index (χ1v) is 12.2. The van der Waals surface area contributed by atoms with E-state index in [2.05, 4.69) is 15.4 Å². The molecule has 3 heterocycles. The van der Waals surface area contributed by atoms with Gasteiger partial charge >= 0.3 is 0 Å². The third kappa shape index (κ3) is 4.20. The second-order valence-electron chi connectivity index (χ2n) is 8.84. The fraction of sp³-hybridized carbons (Fsp3) is 0.103. The van der Waals surface area contributed by atoms with Crippen molar-refractivity contribution in [2.75, 3.05) is 19.4 Å². The summed E-state index contributed by atoms with van der Waals surface area (Å²) >= 11 is 0. The lowest BCUT2D eigenvalue weighted by Gasteiger charge is -2.06. The Morgan fingerprint density at radius 3 is 2.58 bits per heavy atom. The van der Waals surface area contributed by atoms with Crippen molar-refractivity contribution in [1.29, 1.82) is 0 Å². The Morgan fingerprint density at radius 1 is 1.05 bits per heavy atom. The number of nitrogen functional groups attached to an aromatic ring is 1. The summed E-state index contributed by atoms with van der Waals surface area (Å²) in [6.45, 7) is 0.427. The van der Waals surface area contributed by atoms with Crippen molar-refractivity contribution in [2.45, 2.75) is 6.42 Å². The number of methoxy groups -OCH3 is 1. The number of ether oxygens (including phenoxy) is 1. The van der Waals surface area contributed by atoms with Crippen LogP contribution in [-0.4, -0.2) is 45.4 Å². The minimum absolute atomic E-state index is 0.174. The van der Waals surface area contributed by atoms with E-state index in [-0.39, 0.29) is 17.3 Å². The number of rotatable bonds is 7. The van der Waals surface area contributed by atoms with E-state index >= 15 is 0 Å². The third-order valence-corrected chi connectivity index (χ3v) is 6.49. The number of nitrogens with zero attached hydrogens (tertiary/aromatic N) is 4. The molecular formula is C29H25N7O2. The topological polar surface area (TPSA) is 123 Å². The molecule has 9 heteroatoms. The Balaban J connectivity index is 1.36. The zero-order valence-electron chi connectivity index (χ0n) is 20.7. The molecule has 1 amide bonds. The van der Waals surface area contributed by atoms with Crippen molar-refractivity contribution in [3.8, 4) is 5.75 Å². The van der Waals surface area contributed by atoms with Crippen LogP contribution in [0.4, 0.5) is 5.82 Å². The average molecular weight is 504 g/mol. The Bertz CT molecular complexity index is 1820. The Kier molecular flexibility index (Phi) is 5.93. The molecule has 3 aromatic carbocycles. The van der Waals surface area contributed by atoms with E-state index in [9.17, 15) is 4.79 Å². The molecule has 0 bridgehead atoms. The van der Waals surface area contributed by atoms with Gasteiger partial charge in [0.25, 0.3) is 5.91 Å². The van der Waals surface area contributed by atoms with E-state index in [1.807, 2.05) is 79.0 Å². The number of nitrogens with one attached hydrogen (secondary N) is 2. The number of anilines is 1. The lowest BCUT2D eigenvalue weighted by Crippen LogP contribution is -2.26. The zero-order valence-corrected chi connectivity index (χ0v) is 20.7. The van der Waals surface area contributed by atoms with Crippen LogP contribution in [0.15, 0.2) is 84.1 Å². The molecule has 0 saturated carbocycles. The van der Waals surface area contributed by atoms with Crippen molar-refractivity contribution in [1.82, 2.24) is 24.9 Å². The van der Waals surface area contributed by atoms with Gasteiger partial charge in [0.2, 0.25) is 0 Å². The van der Waals surface area contributed by atoms with E-state index in [1.165, 1.54) is 4.68 Å². The number of hydrogen-bond acceptors (Lipinski definition) is 6. The standard InChI is InChI=1S/C29H25N7O2/c1-38-20-12-10-18(11-13-20)14-15-31-29(37)25-26-28(35-24-9-5-4-8-23(24)34-26)36(27(25)30)33-17-19-16-32-22-7-3-2-6-21(19)22/h2-13,16-17,32H,14-15,30H2,1H3,(H,31,37)/b33-17+. The van der Waals surface area contributed by atoms with Gasteiger partial charge in [0.15, 0.2) is 5.65 Å². The van der Waals surface area contributed by atoms with Crippen LogP contribution in [0.1, 0.15) is 21.5 Å². The molecular weight excluding hydrogens is 478 g/mol. The maximum atomic E-state index is 13.4. The van der Waals surface area contributed by atoms with Crippen LogP contribution in [0.5, 0.6) is 5.75 Å². The highest BCUT2D eigenvalue weighted by atomic mass is 16.5. The summed E-state index contributed by atoms with van der Waals surface area (Å²) in [5.74, 6) is 0.636. The third-order valence-electron chi connectivity index (χ3n) is 6.49. The highest BCUT2D eigenvalue weighted by Crippen LogP contribution is 2.28. The summed E-state index contributed by atoms with van der Waals surface area (Å²) in [6.07, 6.45) is 4.24. The van der Waals surface area contributed by atoms with E-state index in [4.69, 9.17) is 20.4 Å². The predicted molar refractivity (Wildman–Crippen MR) is 150 cm³/mol. The number of fused-ring (bicyclic) bond motifs is 3. The smallest absolute Gasteiger partial charge is 0.257 e. The van der Waals surface area contributed by atoms with E-state index in [1.54, 1.807) is 13.3 Å². The first-order chi connectivity index (χ1) is 18.6. The van der Waals surface area contributed by atoms with Crippen molar-refractivity contribution in [3.05, 3.63) is 95.7 Å². The molecule has 0 radical (unpaired) electrons. The number of para-hydroxylation sites is 3. The van der Waals surface area contributed by atoms with Crippen LogP contribution in [-0.2, 0) is 6.42 Å². The normalized spacial score (nSPS) is 11.6. The van der Waals surface area contributed by atoms with Gasteiger partial charge in [0.05, 0.1) is 24.4 Å². The van der Waals surface area contributed by atoms with E-state index in [0.717, 1.165) is 27.8 Å². The monoisotopic (exact) mass is 503 g/mol. The van der Waals surface area contributed by atoms with Gasteiger partial charge in [0, 0.05) is 29.2 Å². The Labute approximate surface area is 218 Å². The summed E-state index contributed by atoms with van der Waals surface area (Å²) in [6, 6.07) is 23.2. The van der Waals surface area contributed by atoms with Gasteiger partial charge in [-0.2, -0.15) is 9.78 Å². The van der Waals surface area contributed by atoms with Crippen LogP contribution in [0.2, 0.25) is 0 Å². The number of nitrogens with two attached hydrogens (primary N) is 1. The molecule has 0 aliphatic heterocycles. The summed E-state index contributed by atoms with van der Waals surface area (Å²) in [7, 11) is 1.63. The van der Waals surface area contributed by atoms with Crippen LogP contribution in [0, 0.1) is 0 Å². The quantitative estimate of drug-likeness (QED) is 0.277. The van der Waals surface area contributed by atoms with Crippen LogP contribution < -0.4 is 15.8 Å². The predicted octanol–water partition coefficient (Wildman–Crippen LogP) is 4.51. The molecule has 0 aliphatic rings. The van der Waals surface area contributed by atoms with Crippen molar-refractivity contribution in [3.63, 3.8) is 0 Å². The molecule has 0 saturated heterocycles. The van der Waals surface area contributed by atoms with Gasteiger partial charge in [-0.1, -0.05) is 42.5 Å². The van der Waals surface area contributed by atoms with Crippen molar-refractivity contribution < 1.29 is 9.53 Å². The molecule has 6 aromatic rings. The summed E-state index contributed by atoms with van der Waals surface area (Å²) < 4.78 is 6.69. The van der Waals surface area contributed by atoms with Crippen LogP contribution >= 0.6 is 0 Å². The molecule has 0 unspecified atom stereocenters. The largest absolute Gasteiger partial charge is 0.497 e. The van der Waals surface area contributed by atoms with Crippen molar-refractivity contribution >= 4 is 51.0 Å². The van der Waals surface area contributed by atoms with Gasteiger partial charge < -0.3 is 20.8 Å². The molecule has 0 atom stereocenters.